The van der Waals surface area contributed by atoms with Crippen LogP contribution in [0.2, 0.25) is 0 Å². The number of hydrogen-bond acceptors (Lipinski definition) is 3. The molecule has 1 aromatic heterocycles. The number of hydrogen-bond donors (Lipinski definition) is 3. The Morgan fingerprint density at radius 1 is 1.18 bits per heavy atom. The number of aliphatic carboxylic acids is 1. The molecule has 0 aliphatic rings. The summed E-state index contributed by atoms with van der Waals surface area (Å²) in [5.41, 5.74) is 1.10. The molecule has 0 atom stereocenters. The lowest BCUT2D eigenvalue weighted by atomic mass is 10.1. The van der Waals surface area contributed by atoms with Gasteiger partial charge in [0.05, 0.1) is 0 Å². The summed E-state index contributed by atoms with van der Waals surface area (Å²) in [6, 6.07) is 7.13. The van der Waals surface area contributed by atoms with Gasteiger partial charge in [0.2, 0.25) is 5.76 Å². The van der Waals surface area contributed by atoms with E-state index in [9.17, 15) is 9.59 Å². The minimum Gasteiger partial charge on any atom is -0.502 e. The number of carboxylic acid groups (broad SMARTS) is 1. The first-order valence-corrected chi connectivity index (χ1v) is 4.84. The van der Waals surface area contributed by atoms with Gasteiger partial charge >= 0.3 is 5.97 Å². The van der Waals surface area contributed by atoms with Crippen molar-refractivity contribution in [3.05, 3.63) is 47.9 Å². The van der Waals surface area contributed by atoms with Gasteiger partial charge < -0.3 is 15.2 Å². The Balaban J connectivity index is 2.44. The molecule has 0 aliphatic heterocycles. The molecule has 3 N–H and O–H groups in total. The second-order valence-corrected chi connectivity index (χ2v) is 3.45. The number of aliphatic hydroxyl groups excluding tert-OH is 1. The van der Waals surface area contributed by atoms with Gasteiger partial charge in [-0.2, -0.15) is 0 Å². The number of aromatic amines is 1. The Morgan fingerprint density at radius 3 is 2.59 bits per heavy atom. The van der Waals surface area contributed by atoms with Gasteiger partial charge in [-0.15, -0.1) is 0 Å². The standard InChI is InChI=1S/C12H9NO4/c14-10(5-11(15)12(16)17)8-6-13-9-4-2-1-3-7(8)9/h1-6,13,15H,(H,16,17). The van der Waals surface area contributed by atoms with Crippen LogP contribution in [0.4, 0.5) is 0 Å². The average molecular weight is 231 g/mol. The summed E-state index contributed by atoms with van der Waals surface area (Å²) in [4.78, 5) is 25.0. The summed E-state index contributed by atoms with van der Waals surface area (Å²) in [5.74, 6) is -3.05. The van der Waals surface area contributed by atoms with Crippen LogP contribution in [-0.2, 0) is 4.79 Å². The SMILES string of the molecule is O=C(O)C(O)=CC(=O)c1c[nH]c2ccccc12. The third kappa shape index (κ3) is 2.03. The zero-order valence-corrected chi connectivity index (χ0v) is 8.68. The van der Waals surface area contributed by atoms with Crippen molar-refractivity contribution in [2.75, 3.05) is 0 Å². The molecule has 0 bridgehead atoms. The summed E-state index contributed by atoms with van der Waals surface area (Å²) < 4.78 is 0. The fourth-order valence-corrected chi connectivity index (χ4v) is 1.54. The van der Waals surface area contributed by atoms with Crippen molar-refractivity contribution in [1.82, 2.24) is 4.98 Å². The number of fused-ring (bicyclic) bond motifs is 1. The van der Waals surface area contributed by atoms with Crippen LogP contribution in [0.1, 0.15) is 10.4 Å². The van der Waals surface area contributed by atoms with Gasteiger partial charge in [0.15, 0.2) is 5.78 Å². The Labute approximate surface area is 96.0 Å². The molecule has 1 heterocycles. The number of allylic oxidation sites excluding steroid dienone is 1. The number of aliphatic hydroxyl groups is 1. The molecule has 2 aromatic rings. The maximum absolute atomic E-state index is 11.7. The zero-order valence-electron chi connectivity index (χ0n) is 8.68. The molecule has 0 radical (unpaired) electrons. The van der Waals surface area contributed by atoms with Crippen molar-refractivity contribution in [3.63, 3.8) is 0 Å². The van der Waals surface area contributed by atoms with Crippen LogP contribution in [0.3, 0.4) is 0 Å². The molecule has 5 heteroatoms. The van der Waals surface area contributed by atoms with Crippen LogP contribution >= 0.6 is 0 Å². The monoisotopic (exact) mass is 231 g/mol. The minimum absolute atomic E-state index is 0.327. The van der Waals surface area contributed by atoms with Crippen LogP contribution in [0.15, 0.2) is 42.3 Å². The van der Waals surface area contributed by atoms with E-state index >= 15 is 0 Å². The Morgan fingerprint density at radius 2 is 1.88 bits per heavy atom. The number of rotatable bonds is 3. The molecule has 0 unspecified atom stereocenters. The molecule has 0 amide bonds. The molecule has 0 spiro atoms. The summed E-state index contributed by atoms with van der Waals surface area (Å²) in [7, 11) is 0. The van der Waals surface area contributed by atoms with E-state index in [4.69, 9.17) is 10.2 Å². The average Bonchev–Trinajstić information content (AvgIpc) is 2.72. The van der Waals surface area contributed by atoms with Gasteiger partial charge in [-0.25, -0.2) is 4.79 Å². The van der Waals surface area contributed by atoms with E-state index in [1.807, 2.05) is 6.07 Å². The van der Waals surface area contributed by atoms with E-state index in [0.29, 0.717) is 17.0 Å². The quantitative estimate of drug-likeness (QED) is 0.427. The summed E-state index contributed by atoms with van der Waals surface area (Å²) in [6.45, 7) is 0. The van der Waals surface area contributed by atoms with E-state index in [2.05, 4.69) is 4.98 Å². The van der Waals surface area contributed by atoms with Crippen molar-refractivity contribution in [2.24, 2.45) is 0 Å². The molecule has 0 aliphatic carbocycles. The highest BCUT2D eigenvalue weighted by Crippen LogP contribution is 2.18. The van der Waals surface area contributed by atoms with Gasteiger partial charge in [-0.05, 0) is 6.07 Å². The molecule has 1 aromatic carbocycles. The van der Waals surface area contributed by atoms with Gasteiger partial charge in [-0.3, -0.25) is 4.79 Å². The second-order valence-electron chi connectivity index (χ2n) is 3.45. The highest BCUT2D eigenvalue weighted by Gasteiger charge is 2.12. The Hall–Kier alpha value is -2.56. The van der Waals surface area contributed by atoms with Crippen LogP contribution < -0.4 is 0 Å². The fraction of sp³-hybridized carbons (Fsp3) is 0. The lowest BCUT2D eigenvalue weighted by molar-refractivity contribution is -0.135. The number of aromatic nitrogens is 1. The smallest absolute Gasteiger partial charge is 0.371 e. The second kappa shape index (κ2) is 4.13. The lowest BCUT2D eigenvalue weighted by Crippen LogP contribution is -2.03. The molecule has 0 saturated heterocycles. The number of carbonyl (C=O) groups excluding carboxylic acids is 1. The lowest BCUT2D eigenvalue weighted by Gasteiger charge is -1.94. The maximum Gasteiger partial charge on any atom is 0.371 e. The Kier molecular flexibility index (Phi) is 2.66. The van der Waals surface area contributed by atoms with Gasteiger partial charge in [0.1, 0.15) is 0 Å². The fourth-order valence-electron chi connectivity index (χ4n) is 1.54. The number of ketones is 1. The summed E-state index contributed by atoms with van der Waals surface area (Å²) in [5, 5.41) is 18.1. The van der Waals surface area contributed by atoms with E-state index in [1.54, 1.807) is 18.2 Å². The van der Waals surface area contributed by atoms with E-state index in [1.165, 1.54) is 6.20 Å². The molecular weight excluding hydrogens is 222 g/mol. The molecule has 0 fully saturated rings. The predicted molar refractivity (Wildman–Crippen MR) is 61.0 cm³/mol. The first kappa shape index (κ1) is 10.9. The van der Waals surface area contributed by atoms with Crippen LogP contribution in [-0.4, -0.2) is 26.9 Å². The van der Waals surface area contributed by atoms with Gasteiger partial charge in [0, 0.05) is 28.7 Å². The number of H-pyrrole nitrogens is 1. The normalized spacial score (nSPS) is 11.6. The van der Waals surface area contributed by atoms with E-state index < -0.39 is 17.5 Å². The van der Waals surface area contributed by atoms with Gasteiger partial charge in [-0.1, -0.05) is 18.2 Å². The van der Waals surface area contributed by atoms with Crippen LogP contribution in [0.5, 0.6) is 0 Å². The zero-order chi connectivity index (χ0) is 12.4. The molecule has 2 rings (SSSR count). The van der Waals surface area contributed by atoms with Crippen molar-refractivity contribution in [3.8, 4) is 0 Å². The third-order valence-electron chi connectivity index (χ3n) is 2.34. The summed E-state index contributed by atoms with van der Waals surface area (Å²) in [6.07, 6.45) is 2.18. The van der Waals surface area contributed by atoms with Crippen molar-refractivity contribution < 1.29 is 19.8 Å². The van der Waals surface area contributed by atoms with Crippen molar-refractivity contribution >= 4 is 22.7 Å². The molecule has 0 saturated carbocycles. The highest BCUT2D eigenvalue weighted by molar-refractivity contribution is 6.14. The summed E-state index contributed by atoms with van der Waals surface area (Å²) >= 11 is 0. The molecular formula is C12H9NO4. The van der Waals surface area contributed by atoms with Gasteiger partial charge in [0.25, 0.3) is 0 Å². The van der Waals surface area contributed by atoms with E-state index in [0.717, 1.165) is 5.52 Å². The maximum atomic E-state index is 11.7. The third-order valence-corrected chi connectivity index (χ3v) is 2.34. The number of nitrogens with one attached hydrogen (secondary N) is 1. The first-order valence-electron chi connectivity index (χ1n) is 4.84. The number of benzene rings is 1. The number of para-hydroxylation sites is 1. The molecule has 17 heavy (non-hydrogen) atoms. The first-order chi connectivity index (χ1) is 8.09. The number of carbonyl (C=O) groups is 2. The van der Waals surface area contributed by atoms with Crippen molar-refractivity contribution in [2.45, 2.75) is 0 Å². The Bertz CT molecular complexity index is 624. The highest BCUT2D eigenvalue weighted by atomic mass is 16.4. The largest absolute Gasteiger partial charge is 0.502 e. The van der Waals surface area contributed by atoms with Crippen LogP contribution in [0.25, 0.3) is 10.9 Å². The topological polar surface area (TPSA) is 90.4 Å². The van der Waals surface area contributed by atoms with Crippen molar-refractivity contribution in [1.29, 1.82) is 0 Å². The predicted octanol–water partition coefficient (Wildman–Crippen LogP) is 1.88. The van der Waals surface area contributed by atoms with E-state index in [-0.39, 0.29) is 0 Å². The van der Waals surface area contributed by atoms with Crippen LogP contribution in [0, 0.1) is 0 Å². The molecule has 5 nitrogen and oxygen atoms in total. The number of carboxylic acids is 1. The minimum atomic E-state index is -1.53. The molecule has 86 valence electrons.